The highest BCUT2D eigenvalue weighted by Gasteiger charge is 2.23. The van der Waals surface area contributed by atoms with Crippen molar-refractivity contribution in [3.05, 3.63) is 48.2 Å². The average Bonchev–Trinajstić information content (AvgIpc) is 2.61. The van der Waals surface area contributed by atoms with E-state index < -0.39 is 0 Å². The molecule has 1 aromatic carbocycles. The van der Waals surface area contributed by atoms with Gasteiger partial charge in [0.05, 0.1) is 29.1 Å². The molecule has 0 bridgehead atoms. The lowest BCUT2D eigenvalue weighted by Crippen LogP contribution is -2.45. The van der Waals surface area contributed by atoms with Crippen LogP contribution in [0.2, 0.25) is 0 Å². The number of aromatic nitrogens is 1. The van der Waals surface area contributed by atoms with Gasteiger partial charge >= 0.3 is 0 Å². The number of rotatable bonds is 4. The summed E-state index contributed by atoms with van der Waals surface area (Å²) >= 11 is 0. The molecule has 138 valence electrons. The number of nitrogens with zero attached hydrogens (tertiary/aromatic N) is 3. The third kappa shape index (κ3) is 4.14. The second kappa shape index (κ2) is 7.74. The predicted molar refractivity (Wildman–Crippen MR) is 105 cm³/mol. The van der Waals surface area contributed by atoms with Gasteiger partial charge in [-0.05, 0) is 38.1 Å². The zero-order valence-corrected chi connectivity index (χ0v) is 15.8. The quantitative estimate of drug-likeness (QED) is 0.915. The van der Waals surface area contributed by atoms with E-state index in [1.165, 1.54) is 0 Å². The molecular formula is C20H26N4O2. The Kier molecular flexibility index (Phi) is 5.42. The van der Waals surface area contributed by atoms with Gasteiger partial charge in [0.15, 0.2) is 0 Å². The fourth-order valence-corrected chi connectivity index (χ4v) is 3.24. The summed E-state index contributed by atoms with van der Waals surface area (Å²) in [5.41, 5.74) is 2.28. The molecule has 1 aliphatic rings. The molecule has 2 heterocycles. The van der Waals surface area contributed by atoms with Gasteiger partial charge in [-0.1, -0.05) is 12.1 Å². The largest absolute Gasteiger partial charge is 0.376 e. The lowest BCUT2D eigenvalue weighted by molar-refractivity contribution is -0.00546. The number of amides is 1. The molecule has 6 nitrogen and oxygen atoms in total. The Morgan fingerprint density at radius 1 is 1.15 bits per heavy atom. The highest BCUT2D eigenvalue weighted by Crippen LogP contribution is 2.24. The minimum absolute atomic E-state index is 0.165. The summed E-state index contributed by atoms with van der Waals surface area (Å²) in [4.78, 5) is 21.2. The monoisotopic (exact) mass is 354 g/mol. The van der Waals surface area contributed by atoms with Crippen LogP contribution in [0.15, 0.2) is 42.6 Å². The van der Waals surface area contributed by atoms with Gasteiger partial charge in [-0.2, -0.15) is 0 Å². The van der Waals surface area contributed by atoms with Crippen LogP contribution in [-0.2, 0) is 4.74 Å². The van der Waals surface area contributed by atoms with E-state index >= 15 is 0 Å². The Bertz CT molecular complexity index is 751. The highest BCUT2D eigenvalue weighted by atomic mass is 16.5. The number of benzene rings is 1. The van der Waals surface area contributed by atoms with Crippen molar-refractivity contribution < 1.29 is 9.53 Å². The summed E-state index contributed by atoms with van der Waals surface area (Å²) in [7, 11) is 3.90. The summed E-state index contributed by atoms with van der Waals surface area (Å²) in [6.07, 6.45) is 1.98. The summed E-state index contributed by atoms with van der Waals surface area (Å²) in [6, 6.07) is 11.4. The molecule has 1 amide bonds. The third-order valence-electron chi connectivity index (χ3n) is 4.39. The summed E-state index contributed by atoms with van der Waals surface area (Å²) in [6.45, 7) is 5.73. The number of hydrogen-bond acceptors (Lipinski definition) is 5. The van der Waals surface area contributed by atoms with Gasteiger partial charge in [0.1, 0.15) is 5.82 Å². The van der Waals surface area contributed by atoms with Gasteiger partial charge < -0.3 is 19.9 Å². The number of ether oxygens (including phenoxy) is 1. The zero-order valence-electron chi connectivity index (χ0n) is 15.8. The van der Waals surface area contributed by atoms with E-state index in [-0.39, 0.29) is 18.1 Å². The second-order valence-electron chi connectivity index (χ2n) is 6.93. The zero-order chi connectivity index (χ0) is 18.7. The Morgan fingerprint density at radius 3 is 2.46 bits per heavy atom. The van der Waals surface area contributed by atoms with Crippen molar-refractivity contribution in [2.75, 3.05) is 42.3 Å². The summed E-state index contributed by atoms with van der Waals surface area (Å²) in [5.74, 6) is 0.708. The first-order valence-corrected chi connectivity index (χ1v) is 8.88. The van der Waals surface area contributed by atoms with Crippen molar-refractivity contribution in [3.8, 4) is 0 Å². The molecule has 1 aromatic heterocycles. The summed E-state index contributed by atoms with van der Waals surface area (Å²) < 4.78 is 5.76. The molecule has 0 saturated carbocycles. The smallest absolute Gasteiger partial charge is 0.257 e. The van der Waals surface area contributed by atoms with Crippen molar-refractivity contribution in [3.63, 3.8) is 0 Å². The van der Waals surface area contributed by atoms with Crippen LogP contribution in [-0.4, -0.2) is 50.3 Å². The molecule has 6 heteroatoms. The van der Waals surface area contributed by atoms with Crippen LogP contribution < -0.4 is 15.1 Å². The molecule has 2 atom stereocenters. The van der Waals surface area contributed by atoms with Crippen molar-refractivity contribution in [1.29, 1.82) is 0 Å². The number of para-hydroxylation sites is 2. The molecule has 1 saturated heterocycles. The maximum absolute atomic E-state index is 12.6. The number of morpholine rings is 1. The van der Waals surface area contributed by atoms with Gasteiger partial charge in [0.2, 0.25) is 0 Å². The van der Waals surface area contributed by atoms with Crippen LogP contribution in [0, 0.1) is 0 Å². The normalized spacial score (nSPS) is 19.9. The highest BCUT2D eigenvalue weighted by molar-refractivity contribution is 6.05. The first-order chi connectivity index (χ1) is 12.4. The van der Waals surface area contributed by atoms with E-state index in [1.807, 2.05) is 55.4 Å². The lowest BCUT2D eigenvalue weighted by atomic mass is 10.2. The van der Waals surface area contributed by atoms with Crippen LogP contribution in [0.3, 0.4) is 0 Å². The van der Waals surface area contributed by atoms with E-state index in [0.717, 1.165) is 30.3 Å². The molecule has 0 spiro atoms. The van der Waals surface area contributed by atoms with Crippen LogP contribution >= 0.6 is 0 Å². The van der Waals surface area contributed by atoms with Crippen LogP contribution in [0.5, 0.6) is 0 Å². The second-order valence-corrected chi connectivity index (χ2v) is 6.93. The topological polar surface area (TPSA) is 57.7 Å². The van der Waals surface area contributed by atoms with E-state index in [1.54, 1.807) is 6.20 Å². The number of carbonyl (C=O) groups excluding carboxylic acids is 1. The molecular weight excluding hydrogens is 328 g/mol. The first-order valence-electron chi connectivity index (χ1n) is 8.88. The SMILES string of the molecule is C[C@H]1CN(c2ccc(C(=O)Nc3ccccc3N(C)C)cn2)C[C@H](C)O1. The van der Waals surface area contributed by atoms with E-state index in [2.05, 4.69) is 29.0 Å². The fraction of sp³-hybridized carbons (Fsp3) is 0.400. The maximum Gasteiger partial charge on any atom is 0.257 e. The van der Waals surface area contributed by atoms with E-state index in [0.29, 0.717) is 5.56 Å². The molecule has 0 radical (unpaired) electrons. The Labute approximate surface area is 154 Å². The number of hydrogen-bond donors (Lipinski definition) is 1. The van der Waals surface area contributed by atoms with Gasteiger partial charge in [-0.3, -0.25) is 4.79 Å². The van der Waals surface area contributed by atoms with Crippen molar-refractivity contribution in [1.82, 2.24) is 4.98 Å². The molecule has 2 aromatic rings. The van der Waals surface area contributed by atoms with Crippen LogP contribution in [0.1, 0.15) is 24.2 Å². The Hall–Kier alpha value is -2.60. The van der Waals surface area contributed by atoms with Crippen molar-refractivity contribution in [2.24, 2.45) is 0 Å². The molecule has 1 aliphatic heterocycles. The van der Waals surface area contributed by atoms with Gasteiger partial charge in [0.25, 0.3) is 5.91 Å². The number of pyridine rings is 1. The molecule has 0 aliphatic carbocycles. The fourth-order valence-electron chi connectivity index (χ4n) is 3.24. The minimum Gasteiger partial charge on any atom is -0.376 e. The van der Waals surface area contributed by atoms with E-state index in [4.69, 9.17) is 4.74 Å². The third-order valence-corrected chi connectivity index (χ3v) is 4.39. The number of nitrogens with one attached hydrogen (secondary N) is 1. The molecule has 26 heavy (non-hydrogen) atoms. The molecule has 1 N–H and O–H groups in total. The van der Waals surface area contributed by atoms with Gasteiger partial charge in [-0.15, -0.1) is 0 Å². The first kappa shape index (κ1) is 18.2. The number of carbonyl (C=O) groups is 1. The number of anilines is 3. The summed E-state index contributed by atoms with van der Waals surface area (Å²) in [5, 5.41) is 2.97. The predicted octanol–water partition coefficient (Wildman–Crippen LogP) is 3.01. The maximum atomic E-state index is 12.6. The van der Waals surface area contributed by atoms with Gasteiger partial charge in [0, 0.05) is 33.4 Å². The minimum atomic E-state index is -0.165. The Morgan fingerprint density at radius 2 is 1.85 bits per heavy atom. The molecule has 1 fully saturated rings. The van der Waals surface area contributed by atoms with E-state index in [9.17, 15) is 4.79 Å². The van der Waals surface area contributed by atoms with Crippen LogP contribution in [0.4, 0.5) is 17.2 Å². The van der Waals surface area contributed by atoms with Crippen molar-refractivity contribution in [2.45, 2.75) is 26.1 Å². The standard InChI is InChI=1S/C20H26N4O2/c1-14-12-24(13-15(2)26-14)19-10-9-16(11-21-19)20(25)22-17-7-5-6-8-18(17)23(3)4/h5-11,14-15H,12-13H2,1-4H3,(H,22,25)/t14-,15-/m0/s1. The Balaban J connectivity index is 1.72. The lowest BCUT2D eigenvalue weighted by Gasteiger charge is -2.36. The molecule has 3 rings (SSSR count). The van der Waals surface area contributed by atoms with Crippen LogP contribution in [0.25, 0.3) is 0 Å². The molecule has 0 unspecified atom stereocenters. The van der Waals surface area contributed by atoms with Crippen molar-refractivity contribution >= 4 is 23.1 Å². The van der Waals surface area contributed by atoms with Gasteiger partial charge in [-0.25, -0.2) is 4.98 Å². The average molecular weight is 354 g/mol.